The first kappa shape index (κ1) is 16.6. The molecule has 2 aromatic heterocycles. The molecule has 24 heavy (non-hydrogen) atoms. The Morgan fingerprint density at radius 2 is 2.17 bits per heavy atom. The third kappa shape index (κ3) is 3.48. The van der Waals surface area contributed by atoms with Crippen LogP contribution in [0.4, 0.5) is 5.13 Å². The lowest BCUT2D eigenvalue weighted by Gasteiger charge is -2.19. The molecule has 0 atom stereocenters. The van der Waals surface area contributed by atoms with Gasteiger partial charge in [-0.1, -0.05) is 24.3 Å². The zero-order valence-electron chi connectivity index (χ0n) is 14.3. The molecule has 1 amide bonds. The van der Waals surface area contributed by atoms with Crippen LogP contribution >= 0.6 is 11.3 Å². The predicted molar refractivity (Wildman–Crippen MR) is 98.6 cm³/mol. The van der Waals surface area contributed by atoms with Crippen molar-refractivity contribution in [3.63, 3.8) is 0 Å². The molecule has 0 fully saturated rings. The van der Waals surface area contributed by atoms with Crippen molar-refractivity contribution in [3.05, 3.63) is 41.7 Å². The summed E-state index contributed by atoms with van der Waals surface area (Å²) >= 11 is 1.59. The number of carbonyl (C=O) groups excluding carboxylic acids is 1. The molecule has 0 aliphatic heterocycles. The third-order valence-corrected chi connectivity index (χ3v) is 4.95. The van der Waals surface area contributed by atoms with Crippen LogP contribution in [-0.4, -0.2) is 27.2 Å². The van der Waals surface area contributed by atoms with Crippen molar-refractivity contribution in [3.8, 4) is 0 Å². The first-order valence-electron chi connectivity index (χ1n) is 8.24. The Bertz CT molecular complexity index is 838. The highest BCUT2D eigenvalue weighted by molar-refractivity contribution is 7.22. The van der Waals surface area contributed by atoms with E-state index in [0.29, 0.717) is 19.5 Å². The number of amides is 1. The van der Waals surface area contributed by atoms with Gasteiger partial charge in [-0.05, 0) is 43.5 Å². The summed E-state index contributed by atoms with van der Waals surface area (Å²) in [7, 11) is 0. The molecule has 2 heterocycles. The summed E-state index contributed by atoms with van der Waals surface area (Å²) in [5, 5.41) is 5.00. The summed E-state index contributed by atoms with van der Waals surface area (Å²) in [6, 6.07) is 6.16. The van der Waals surface area contributed by atoms with Crippen LogP contribution in [0.2, 0.25) is 0 Å². The van der Waals surface area contributed by atoms with E-state index < -0.39 is 0 Å². The summed E-state index contributed by atoms with van der Waals surface area (Å²) in [4.78, 5) is 19.2. The normalized spacial score (nSPS) is 11.1. The Morgan fingerprint density at radius 1 is 1.33 bits per heavy atom. The van der Waals surface area contributed by atoms with Gasteiger partial charge in [-0.25, -0.2) is 4.98 Å². The van der Waals surface area contributed by atoms with E-state index in [0.717, 1.165) is 27.3 Å². The number of thiazole rings is 1. The molecular weight excluding hydrogens is 320 g/mol. The van der Waals surface area contributed by atoms with E-state index in [1.807, 2.05) is 28.8 Å². The van der Waals surface area contributed by atoms with E-state index in [1.54, 1.807) is 17.5 Å². The van der Waals surface area contributed by atoms with E-state index in [4.69, 9.17) is 4.98 Å². The van der Waals surface area contributed by atoms with Gasteiger partial charge in [0.15, 0.2) is 5.13 Å². The lowest BCUT2D eigenvalue weighted by molar-refractivity contribution is -0.118. The fraction of sp³-hybridized carbons (Fsp3) is 0.389. The third-order valence-electron chi connectivity index (χ3n) is 3.93. The van der Waals surface area contributed by atoms with Crippen LogP contribution in [-0.2, 0) is 11.3 Å². The van der Waals surface area contributed by atoms with Gasteiger partial charge < -0.3 is 0 Å². The largest absolute Gasteiger partial charge is 0.286 e. The topological polar surface area (TPSA) is 51.0 Å². The van der Waals surface area contributed by atoms with Crippen LogP contribution in [0.15, 0.2) is 30.6 Å². The maximum atomic E-state index is 12.6. The monoisotopic (exact) mass is 342 g/mol. The molecule has 0 spiro atoms. The van der Waals surface area contributed by atoms with Gasteiger partial charge >= 0.3 is 0 Å². The van der Waals surface area contributed by atoms with Crippen molar-refractivity contribution >= 4 is 32.6 Å². The number of aromatic nitrogens is 3. The highest BCUT2D eigenvalue weighted by atomic mass is 32.1. The van der Waals surface area contributed by atoms with Crippen LogP contribution < -0.4 is 4.90 Å². The molecule has 0 N–H and O–H groups in total. The van der Waals surface area contributed by atoms with Crippen LogP contribution in [0.3, 0.4) is 0 Å². The van der Waals surface area contributed by atoms with Gasteiger partial charge in [0, 0.05) is 25.4 Å². The lowest BCUT2D eigenvalue weighted by Crippen LogP contribution is -2.33. The minimum Gasteiger partial charge on any atom is -0.286 e. The Hall–Kier alpha value is -2.21. The first-order chi connectivity index (χ1) is 11.6. The van der Waals surface area contributed by atoms with Crippen LogP contribution in [0.1, 0.15) is 30.9 Å². The second-order valence-electron chi connectivity index (χ2n) is 5.99. The molecule has 0 saturated carbocycles. The quantitative estimate of drug-likeness (QED) is 0.682. The molecular formula is C18H22N4OS. The highest BCUT2D eigenvalue weighted by Gasteiger charge is 2.19. The standard InChI is InChI=1S/C18H22N4OS/c1-4-6-16(23)22(10-9-21-8-5-7-19-21)18-20-17-14(3)11-13(2)12-15(17)24-18/h5,7-8,11-12H,4,6,9-10H2,1-3H3. The molecule has 1 aromatic carbocycles. The molecule has 0 saturated heterocycles. The number of rotatable bonds is 6. The molecule has 0 unspecified atom stereocenters. The maximum Gasteiger partial charge on any atom is 0.228 e. The van der Waals surface area contributed by atoms with E-state index >= 15 is 0 Å². The lowest BCUT2D eigenvalue weighted by atomic mass is 10.1. The van der Waals surface area contributed by atoms with Gasteiger partial charge in [0.1, 0.15) is 0 Å². The van der Waals surface area contributed by atoms with Crippen LogP contribution in [0.25, 0.3) is 10.2 Å². The summed E-state index contributed by atoms with van der Waals surface area (Å²) in [6.07, 6.45) is 5.03. The van der Waals surface area contributed by atoms with Crippen molar-refractivity contribution < 1.29 is 4.79 Å². The Labute approximate surface area is 145 Å². The summed E-state index contributed by atoms with van der Waals surface area (Å²) in [5.41, 5.74) is 3.37. The molecule has 3 rings (SSSR count). The Balaban J connectivity index is 1.91. The molecule has 0 bridgehead atoms. The van der Waals surface area contributed by atoms with Crippen molar-refractivity contribution in [1.29, 1.82) is 0 Å². The summed E-state index contributed by atoms with van der Waals surface area (Å²) in [5.74, 6) is 0.123. The van der Waals surface area contributed by atoms with Gasteiger partial charge in [0.2, 0.25) is 5.91 Å². The zero-order valence-corrected chi connectivity index (χ0v) is 15.1. The van der Waals surface area contributed by atoms with Gasteiger partial charge in [-0.2, -0.15) is 5.10 Å². The van der Waals surface area contributed by atoms with Crippen LogP contribution in [0, 0.1) is 13.8 Å². The van der Waals surface area contributed by atoms with E-state index in [1.165, 1.54) is 5.56 Å². The van der Waals surface area contributed by atoms with Crippen molar-refractivity contribution in [2.24, 2.45) is 0 Å². The van der Waals surface area contributed by atoms with Crippen LogP contribution in [0.5, 0.6) is 0 Å². The second-order valence-corrected chi connectivity index (χ2v) is 7.00. The molecule has 5 nitrogen and oxygen atoms in total. The van der Waals surface area contributed by atoms with E-state index in [2.05, 4.69) is 31.1 Å². The van der Waals surface area contributed by atoms with E-state index in [-0.39, 0.29) is 5.91 Å². The highest BCUT2D eigenvalue weighted by Crippen LogP contribution is 2.32. The summed E-state index contributed by atoms with van der Waals surface area (Å²) < 4.78 is 2.98. The number of nitrogens with zero attached hydrogens (tertiary/aromatic N) is 4. The molecule has 3 aromatic rings. The Kier molecular flexibility index (Phi) is 4.94. The molecule has 0 radical (unpaired) electrons. The minimum atomic E-state index is 0.123. The minimum absolute atomic E-state index is 0.123. The van der Waals surface area contributed by atoms with Gasteiger partial charge in [-0.3, -0.25) is 14.4 Å². The second kappa shape index (κ2) is 7.13. The molecule has 126 valence electrons. The molecule has 6 heteroatoms. The van der Waals surface area contributed by atoms with Gasteiger partial charge in [0.25, 0.3) is 0 Å². The average Bonchev–Trinajstić information content (AvgIpc) is 3.17. The van der Waals surface area contributed by atoms with E-state index in [9.17, 15) is 4.79 Å². The number of carbonyl (C=O) groups is 1. The first-order valence-corrected chi connectivity index (χ1v) is 9.05. The number of anilines is 1. The maximum absolute atomic E-state index is 12.6. The number of benzene rings is 1. The number of fused-ring (bicyclic) bond motifs is 1. The fourth-order valence-corrected chi connectivity index (χ4v) is 3.97. The van der Waals surface area contributed by atoms with Crippen molar-refractivity contribution in [2.45, 2.75) is 40.2 Å². The predicted octanol–water partition coefficient (Wildman–Crippen LogP) is 3.94. The van der Waals surface area contributed by atoms with Gasteiger partial charge in [0.05, 0.1) is 16.8 Å². The molecule has 0 aliphatic rings. The number of hydrogen-bond acceptors (Lipinski definition) is 4. The van der Waals surface area contributed by atoms with Crippen molar-refractivity contribution in [2.75, 3.05) is 11.4 Å². The molecule has 0 aliphatic carbocycles. The van der Waals surface area contributed by atoms with Crippen molar-refractivity contribution in [1.82, 2.24) is 14.8 Å². The number of aryl methyl sites for hydroxylation is 2. The SMILES string of the molecule is CCCC(=O)N(CCn1cccn1)c1nc2c(C)cc(C)cc2s1. The summed E-state index contributed by atoms with van der Waals surface area (Å²) in [6.45, 7) is 7.43. The fourth-order valence-electron chi connectivity index (χ4n) is 2.79. The number of hydrogen-bond donors (Lipinski definition) is 0. The smallest absolute Gasteiger partial charge is 0.228 e. The Morgan fingerprint density at radius 3 is 2.88 bits per heavy atom. The average molecular weight is 342 g/mol. The zero-order chi connectivity index (χ0) is 17.1. The van der Waals surface area contributed by atoms with Gasteiger partial charge in [-0.15, -0.1) is 0 Å².